The fourth-order valence-electron chi connectivity index (χ4n) is 2.27. The predicted octanol–water partition coefficient (Wildman–Crippen LogP) is 2.36. The zero-order valence-corrected chi connectivity index (χ0v) is 12.7. The number of urea groups is 1. The van der Waals surface area contributed by atoms with E-state index in [0.29, 0.717) is 23.4 Å². The third-order valence-electron chi connectivity index (χ3n) is 3.45. The zero-order valence-electron chi connectivity index (χ0n) is 12.7. The number of esters is 1. The molecule has 6 nitrogen and oxygen atoms in total. The summed E-state index contributed by atoms with van der Waals surface area (Å²) < 4.78 is 5.27. The Hall–Kier alpha value is -2.50. The van der Waals surface area contributed by atoms with Gasteiger partial charge in [-0.1, -0.05) is 25.5 Å². The summed E-state index contributed by atoms with van der Waals surface area (Å²) in [5.74, 6) is -0.326. The van der Waals surface area contributed by atoms with Gasteiger partial charge in [0.15, 0.2) is 0 Å². The normalized spacial score (nSPS) is 17.7. The summed E-state index contributed by atoms with van der Waals surface area (Å²) in [5.41, 5.74) is 1.55. The van der Waals surface area contributed by atoms with Crippen molar-refractivity contribution in [3.05, 3.63) is 41.1 Å². The Balaban J connectivity index is 2.28. The summed E-state index contributed by atoms with van der Waals surface area (Å²) in [4.78, 5) is 24.0. The lowest BCUT2D eigenvalue weighted by molar-refractivity contribution is -0.139. The molecule has 0 aromatic heterocycles. The van der Waals surface area contributed by atoms with Gasteiger partial charge in [-0.05, 0) is 31.0 Å². The van der Waals surface area contributed by atoms with Gasteiger partial charge in [-0.15, -0.1) is 0 Å². The van der Waals surface area contributed by atoms with Gasteiger partial charge in [0.25, 0.3) is 0 Å². The third kappa shape index (κ3) is 3.58. The van der Waals surface area contributed by atoms with Gasteiger partial charge in [-0.3, -0.25) is 0 Å². The van der Waals surface area contributed by atoms with E-state index in [0.717, 1.165) is 12.8 Å². The Kier molecular flexibility index (Phi) is 5.04. The lowest BCUT2D eigenvalue weighted by Crippen LogP contribution is -2.45. The number of phenols is 1. The van der Waals surface area contributed by atoms with E-state index in [9.17, 15) is 14.7 Å². The molecule has 6 heteroatoms. The Morgan fingerprint density at radius 2 is 2.00 bits per heavy atom. The molecule has 0 spiro atoms. The van der Waals surface area contributed by atoms with Crippen molar-refractivity contribution in [3.63, 3.8) is 0 Å². The minimum atomic E-state index is -0.594. The Morgan fingerprint density at radius 1 is 1.32 bits per heavy atom. The van der Waals surface area contributed by atoms with Crippen LogP contribution in [0.15, 0.2) is 35.5 Å². The van der Waals surface area contributed by atoms with Crippen LogP contribution in [0.1, 0.15) is 38.3 Å². The van der Waals surface area contributed by atoms with Crippen LogP contribution >= 0.6 is 0 Å². The molecule has 0 radical (unpaired) electrons. The molecule has 0 saturated carbocycles. The molecule has 2 amide bonds. The van der Waals surface area contributed by atoms with E-state index in [1.54, 1.807) is 19.1 Å². The molecule has 22 heavy (non-hydrogen) atoms. The van der Waals surface area contributed by atoms with Gasteiger partial charge in [0.1, 0.15) is 5.75 Å². The second-order valence-corrected chi connectivity index (χ2v) is 5.15. The summed E-state index contributed by atoms with van der Waals surface area (Å²) >= 11 is 0. The molecular formula is C16H20N2O4. The maximum atomic E-state index is 12.3. The van der Waals surface area contributed by atoms with Crippen molar-refractivity contribution in [1.82, 2.24) is 10.6 Å². The molecule has 0 saturated heterocycles. The molecule has 118 valence electrons. The lowest BCUT2D eigenvalue weighted by Gasteiger charge is -2.28. The van der Waals surface area contributed by atoms with Crippen LogP contribution in [0, 0.1) is 0 Å². The monoisotopic (exact) mass is 304 g/mol. The number of carbonyl (C=O) groups excluding carboxylic acids is 2. The van der Waals surface area contributed by atoms with Crippen LogP contribution in [-0.2, 0) is 9.53 Å². The number of carbonyl (C=O) groups is 2. The molecule has 0 aliphatic carbocycles. The Bertz CT molecular complexity index is 593. The lowest BCUT2D eigenvalue weighted by atomic mass is 9.95. The zero-order chi connectivity index (χ0) is 16.1. The minimum Gasteiger partial charge on any atom is -0.508 e. The van der Waals surface area contributed by atoms with Crippen LogP contribution in [0.2, 0.25) is 0 Å². The third-order valence-corrected chi connectivity index (χ3v) is 3.45. The number of hydrogen-bond donors (Lipinski definition) is 3. The van der Waals surface area contributed by atoms with Crippen LogP contribution < -0.4 is 10.6 Å². The largest absolute Gasteiger partial charge is 0.508 e. The van der Waals surface area contributed by atoms with Crippen molar-refractivity contribution in [2.24, 2.45) is 0 Å². The molecule has 1 aliphatic rings. The van der Waals surface area contributed by atoms with Gasteiger partial charge in [-0.2, -0.15) is 0 Å². The Labute approximate surface area is 129 Å². The van der Waals surface area contributed by atoms with Crippen molar-refractivity contribution in [3.8, 4) is 5.75 Å². The summed E-state index contributed by atoms with van der Waals surface area (Å²) in [7, 11) is 0. The number of ether oxygens (including phenoxy) is 1. The highest BCUT2D eigenvalue weighted by atomic mass is 16.5. The molecular weight excluding hydrogens is 284 g/mol. The highest BCUT2D eigenvalue weighted by molar-refractivity contribution is 5.95. The van der Waals surface area contributed by atoms with Crippen LogP contribution in [-0.4, -0.2) is 23.7 Å². The smallest absolute Gasteiger partial charge is 0.338 e. The Morgan fingerprint density at radius 3 is 2.64 bits per heavy atom. The maximum absolute atomic E-state index is 12.3. The number of allylic oxidation sites excluding steroid dienone is 1. The fraction of sp³-hybridized carbons (Fsp3) is 0.375. The van der Waals surface area contributed by atoms with E-state index in [1.165, 1.54) is 12.1 Å². The second kappa shape index (κ2) is 6.98. The highest BCUT2D eigenvalue weighted by Crippen LogP contribution is 2.28. The van der Waals surface area contributed by atoms with E-state index in [4.69, 9.17) is 4.74 Å². The van der Waals surface area contributed by atoms with Gasteiger partial charge < -0.3 is 20.5 Å². The topological polar surface area (TPSA) is 87.7 Å². The minimum absolute atomic E-state index is 0.122. The summed E-state index contributed by atoms with van der Waals surface area (Å²) in [6.45, 7) is 4.03. The van der Waals surface area contributed by atoms with E-state index in [1.807, 2.05) is 6.92 Å². The first-order valence-electron chi connectivity index (χ1n) is 7.27. The molecule has 1 atom stereocenters. The molecule has 3 N–H and O–H groups in total. The van der Waals surface area contributed by atoms with Crippen molar-refractivity contribution in [1.29, 1.82) is 0 Å². The number of aromatic hydroxyl groups is 1. The standard InChI is InChI=1S/C16H20N2O4/c1-3-4-9-22-15(20)13-10(2)17-16(21)18-14(13)11-5-7-12(19)8-6-11/h5-8,14,19H,3-4,9H2,1-2H3,(H2,17,18,21)/t14-/m0/s1. The number of nitrogens with one attached hydrogen (secondary N) is 2. The number of rotatable bonds is 5. The van der Waals surface area contributed by atoms with Gasteiger partial charge >= 0.3 is 12.0 Å². The highest BCUT2D eigenvalue weighted by Gasteiger charge is 2.32. The van der Waals surface area contributed by atoms with Crippen LogP contribution in [0.5, 0.6) is 5.75 Å². The molecule has 1 aromatic rings. The molecule has 0 fully saturated rings. The van der Waals surface area contributed by atoms with Gasteiger partial charge in [0.05, 0.1) is 18.2 Å². The quantitative estimate of drug-likeness (QED) is 0.575. The van der Waals surface area contributed by atoms with Gasteiger partial charge in [0.2, 0.25) is 0 Å². The SMILES string of the molecule is CCCCOC(=O)C1=C(C)NC(=O)N[C@H]1c1ccc(O)cc1. The summed E-state index contributed by atoms with van der Waals surface area (Å²) in [5, 5.41) is 14.7. The van der Waals surface area contributed by atoms with E-state index >= 15 is 0 Å². The summed E-state index contributed by atoms with van der Waals surface area (Å²) in [6, 6.07) is 5.39. The first-order chi connectivity index (χ1) is 10.5. The van der Waals surface area contributed by atoms with E-state index in [-0.39, 0.29) is 11.8 Å². The van der Waals surface area contributed by atoms with Crippen molar-refractivity contribution >= 4 is 12.0 Å². The van der Waals surface area contributed by atoms with Crippen molar-refractivity contribution < 1.29 is 19.4 Å². The van der Waals surface area contributed by atoms with Crippen molar-refractivity contribution in [2.45, 2.75) is 32.7 Å². The van der Waals surface area contributed by atoms with Crippen LogP contribution in [0.25, 0.3) is 0 Å². The average molecular weight is 304 g/mol. The molecule has 2 rings (SSSR count). The molecule has 1 heterocycles. The second-order valence-electron chi connectivity index (χ2n) is 5.15. The fourth-order valence-corrected chi connectivity index (χ4v) is 2.27. The number of amides is 2. The maximum Gasteiger partial charge on any atom is 0.338 e. The number of benzene rings is 1. The first-order valence-corrected chi connectivity index (χ1v) is 7.27. The molecule has 0 unspecified atom stereocenters. The summed E-state index contributed by atoms with van der Waals surface area (Å²) in [6.07, 6.45) is 1.73. The van der Waals surface area contributed by atoms with Crippen molar-refractivity contribution in [2.75, 3.05) is 6.61 Å². The number of hydrogen-bond acceptors (Lipinski definition) is 4. The molecule has 0 bridgehead atoms. The van der Waals surface area contributed by atoms with Crippen LogP contribution in [0.3, 0.4) is 0 Å². The van der Waals surface area contributed by atoms with Gasteiger partial charge in [0, 0.05) is 5.70 Å². The van der Waals surface area contributed by atoms with Gasteiger partial charge in [-0.25, -0.2) is 9.59 Å². The van der Waals surface area contributed by atoms with Crippen LogP contribution in [0.4, 0.5) is 4.79 Å². The van der Waals surface area contributed by atoms with E-state index in [2.05, 4.69) is 10.6 Å². The predicted molar refractivity (Wildman–Crippen MR) is 81.1 cm³/mol. The average Bonchev–Trinajstić information content (AvgIpc) is 2.47. The number of unbranched alkanes of at least 4 members (excludes halogenated alkanes) is 1. The number of phenolic OH excluding ortho intramolecular Hbond substituents is 1. The molecule has 1 aliphatic heterocycles. The molecule has 1 aromatic carbocycles. The first kappa shape index (κ1) is 15.9. The van der Waals surface area contributed by atoms with E-state index < -0.39 is 12.0 Å².